The van der Waals surface area contributed by atoms with E-state index in [1.54, 1.807) is 6.07 Å². The van der Waals surface area contributed by atoms with E-state index in [1.807, 2.05) is 24.3 Å². The molecular weight excluding hydrogens is 289 g/mol. The van der Waals surface area contributed by atoms with E-state index in [4.69, 9.17) is 5.73 Å². The molecule has 5 heteroatoms. The number of halogens is 3. The van der Waals surface area contributed by atoms with Crippen molar-refractivity contribution >= 4 is 0 Å². The zero-order valence-electron chi connectivity index (χ0n) is 11.9. The molecular formula is C17H17F3N2. The van der Waals surface area contributed by atoms with Crippen molar-refractivity contribution in [1.29, 1.82) is 0 Å². The number of fused-ring (bicyclic) bond motifs is 1. The second-order valence-corrected chi connectivity index (χ2v) is 5.60. The highest BCUT2D eigenvalue weighted by Crippen LogP contribution is 2.37. The summed E-state index contributed by atoms with van der Waals surface area (Å²) < 4.78 is 38.2. The summed E-state index contributed by atoms with van der Waals surface area (Å²) in [4.78, 5) is 0. The molecule has 3 rings (SSSR count). The fourth-order valence-corrected chi connectivity index (χ4v) is 2.97. The predicted octanol–water partition coefficient (Wildman–Crippen LogP) is 3.94. The summed E-state index contributed by atoms with van der Waals surface area (Å²) in [7, 11) is 0. The first-order valence-electron chi connectivity index (χ1n) is 7.19. The first-order valence-corrected chi connectivity index (χ1v) is 7.19. The molecule has 2 aromatic carbocycles. The molecule has 2 unspecified atom stereocenters. The zero-order valence-corrected chi connectivity index (χ0v) is 11.9. The van der Waals surface area contributed by atoms with Gasteiger partial charge in [-0.1, -0.05) is 42.5 Å². The van der Waals surface area contributed by atoms with Crippen molar-refractivity contribution < 1.29 is 13.2 Å². The molecule has 116 valence electrons. The number of rotatable bonds is 3. The smallest absolute Gasteiger partial charge is 0.324 e. The lowest BCUT2D eigenvalue weighted by Gasteiger charge is -2.15. The molecule has 0 spiro atoms. The number of nitrogens with two attached hydrogens (primary N) is 1. The fraction of sp³-hybridized carbons (Fsp3) is 0.294. The maximum atomic E-state index is 12.7. The Kier molecular flexibility index (Phi) is 3.93. The van der Waals surface area contributed by atoms with Gasteiger partial charge in [0.25, 0.3) is 0 Å². The summed E-state index contributed by atoms with van der Waals surface area (Å²) in [5.41, 5.74) is 8.36. The summed E-state index contributed by atoms with van der Waals surface area (Å²) in [6.45, 7) is 0.385. The van der Waals surface area contributed by atoms with Crippen LogP contribution in [0, 0.1) is 0 Å². The van der Waals surface area contributed by atoms with Crippen LogP contribution in [0.2, 0.25) is 0 Å². The average Bonchev–Trinajstić information content (AvgIpc) is 2.82. The van der Waals surface area contributed by atoms with E-state index in [0.29, 0.717) is 12.1 Å². The van der Waals surface area contributed by atoms with E-state index in [1.165, 1.54) is 12.1 Å². The Morgan fingerprint density at radius 2 is 1.77 bits per heavy atom. The minimum Gasteiger partial charge on any atom is -0.324 e. The van der Waals surface area contributed by atoms with Gasteiger partial charge in [0.2, 0.25) is 0 Å². The average molecular weight is 306 g/mol. The summed E-state index contributed by atoms with van der Waals surface area (Å²) in [6.07, 6.45) is -3.55. The van der Waals surface area contributed by atoms with E-state index in [0.717, 1.165) is 23.6 Å². The molecule has 2 aromatic rings. The van der Waals surface area contributed by atoms with Crippen molar-refractivity contribution in [3.63, 3.8) is 0 Å². The monoisotopic (exact) mass is 306 g/mol. The van der Waals surface area contributed by atoms with Crippen LogP contribution in [-0.4, -0.2) is 0 Å². The zero-order chi connectivity index (χ0) is 15.7. The Morgan fingerprint density at radius 3 is 2.50 bits per heavy atom. The standard InChI is InChI=1S/C17H17F3N2/c18-17(19,20)12-5-3-4-11(8-12)10-22-16-9-15(21)13-6-1-2-7-14(13)16/h1-8,15-16,22H,9-10,21H2. The van der Waals surface area contributed by atoms with Crippen molar-refractivity contribution in [2.24, 2.45) is 5.73 Å². The minimum absolute atomic E-state index is 0.0183. The first-order chi connectivity index (χ1) is 10.4. The Balaban J connectivity index is 1.72. The van der Waals surface area contributed by atoms with Gasteiger partial charge in [-0.2, -0.15) is 13.2 Å². The van der Waals surface area contributed by atoms with Crippen molar-refractivity contribution in [3.8, 4) is 0 Å². The largest absolute Gasteiger partial charge is 0.416 e. The van der Waals surface area contributed by atoms with Gasteiger partial charge in [0, 0.05) is 18.6 Å². The lowest BCUT2D eigenvalue weighted by atomic mass is 10.1. The summed E-state index contributed by atoms with van der Waals surface area (Å²) in [5.74, 6) is 0. The normalized spacial score (nSPS) is 20.9. The topological polar surface area (TPSA) is 38.0 Å². The van der Waals surface area contributed by atoms with Crippen LogP contribution in [0.4, 0.5) is 13.2 Å². The van der Waals surface area contributed by atoms with Crippen LogP contribution in [-0.2, 0) is 12.7 Å². The Hall–Kier alpha value is -1.85. The van der Waals surface area contributed by atoms with E-state index >= 15 is 0 Å². The molecule has 0 amide bonds. The van der Waals surface area contributed by atoms with Crippen molar-refractivity contribution in [3.05, 3.63) is 70.8 Å². The van der Waals surface area contributed by atoms with Crippen molar-refractivity contribution in [2.45, 2.75) is 31.2 Å². The number of hydrogen-bond donors (Lipinski definition) is 2. The third-order valence-corrected chi connectivity index (χ3v) is 4.07. The van der Waals surface area contributed by atoms with Gasteiger partial charge >= 0.3 is 6.18 Å². The van der Waals surface area contributed by atoms with Gasteiger partial charge in [0.05, 0.1) is 5.56 Å². The fourth-order valence-electron chi connectivity index (χ4n) is 2.97. The van der Waals surface area contributed by atoms with Crippen LogP contribution >= 0.6 is 0 Å². The third-order valence-electron chi connectivity index (χ3n) is 4.07. The summed E-state index contributed by atoms with van der Waals surface area (Å²) in [5, 5.41) is 3.32. The van der Waals surface area contributed by atoms with Gasteiger partial charge in [-0.25, -0.2) is 0 Å². The second kappa shape index (κ2) is 5.74. The highest BCUT2D eigenvalue weighted by atomic mass is 19.4. The molecule has 0 bridgehead atoms. The molecule has 1 aliphatic rings. The quantitative estimate of drug-likeness (QED) is 0.901. The van der Waals surface area contributed by atoms with Crippen LogP contribution in [0.25, 0.3) is 0 Å². The number of nitrogens with one attached hydrogen (secondary N) is 1. The van der Waals surface area contributed by atoms with Crippen LogP contribution in [0.1, 0.15) is 40.8 Å². The summed E-state index contributed by atoms with van der Waals surface area (Å²) in [6, 6.07) is 13.4. The van der Waals surface area contributed by atoms with E-state index in [-0.39, 0.29) is 12.1 Å². The van der Waals surface area contributed by atoms with Crippen LogP contribution in [0.5, 0.6) is 0 Å². The predicted molar refractivity (Wildman–Crippen MR) is 79.0 cm³/mol. The molecule has 3 N–H and O–H groups in total. The molecule has 2 nitrogen and oxygen atoms in total. The molecule has 1 aliphatic carbocycles. The molecule has 22 heavy (non-hydrogen) atoms. The summed E-state index contributed by atoms with van der Waals surface area (Å²) >= 11 is 0. The SMILES string of the molecule is NC1CC(NCc2cccc(C(F)(F)F)c2)c2ccccc21. The van der Waals surface area contributed by atoms with E-state index in [2.05, 4.69) is 5.32 Å². The minimum atomic E-state index is -4.31. The van der Waals surface area contributed by atoms with Gasteiger partial charge in [-0.05, 0) is 29.2 Å². The Morgan fingerprint density at radius 1 is 1.05 bits per heavy atom. The van der Waals surface area contributed by atoms with Crippen LogP contribution in [0.15, 0.2) is 48.5 Å². The molecule has 0 aromatic heterocycles. The lowest BCUT2D eigenvalue weighted by molar-refractivity contribution is -0.137. The number of benzene rings is 2. The lowest BCUT2D eigenvalue weighted by Crippen LogP contribution is -2.20. The van der Waals surface area contributed by atoms with Gasteiger partial charge in [-0.15, -0.1) is 0 Å². The first kappa shape index (κ1) is 15.1. The van der Waals surface area contributed by atoms with Crippen molar-refractivity contribution in [1.82, 2.24) is 5.32 Å². The maximum absolute atomic E-state index is 12.7. The highest BCUT2D eigenvalue weighted by molar-refractivity contribution is 5.37. The second-order valence-electron chi connectivity index (χ2n) is 5.60. The molecule has 2 atom stereocenters. The maximum Gasteiger partial charge on any atom is 0.416 e. The third kappa shape index (κ3) is 3.00. The number of alkyl halides is 3. The van der Waals surface area contributed by atoms with Gasteiger partial charge in [0.1, 0.15) is 0 Å². The van der Waals surface area contributed by atoms with Gasteiger partial charge in [-0.3, -0.25) is 0 Å². The van der Waals surface area contributed by atoms with Gasteiger partial charge < -0.3 is 11.1 Å². The van der Waals surface area contributed by atoms with Crippen LogP contribution < -0.4 is 11.1 Å². The highest BCUT2D eigenvalue weighted by Gasteiger charge is 2.31. The van der Waals surface area contributed by atoms with Crippen molar-refractivity contribution in [2.75, 3.05) is 0 Å². The molecule has 0 aliphatic heterocycles. The van der Waals surface area contributed by atoms with E-state index < -0.39 is 11.7 Å². The molecule has 0 fully saturated rings. The Labute approximate surface area is 127 Å². The Bertz CT molecular complexity index is 667. The molecule has 0 heterocycles. The number of hydrogen-bond acceptors (Lipinski definition) is 2. The molecule has 0 radical (unpaired) electrons. The van der Waals surface area contributed by atoms with Crippen LogP contribution in [0.3, 0.4) is 0 Å². The molecule has 0 saturated carbocycles. The van der Waals surface area contributed by atoms with Gasteiger partial charge in [0.15, 0.2) is 0 Å². The van der Waals surface area contributed by atoms with E-state index in [9.17, 15) is 13.2 Å². The molecule has 0 saturated heterocycles.